The second-order valence-corrected chi connectivity index (χ2v) is 5.95. The lowest BCUT2D eigenvalue weighted by molar-refractivity contribution is -0.124. The van der Waals surface area contributed by atoms with Crippen LogP contribution in [0.3, 0.4) is 0 Å². The van der Waals surface area contributed by atoms with E-state index in [1.165, 1.54) is 0 Å². The van der Waals surface area contributed by atoms with Crippen LogP contribution >= 0.6 is 11.6 Å². The molecule has 2 heterocycles. The molecule has 0 radical (unpaired) electrons. The molecule has 2 aromatic carbocycles. The lowest BCUT2D eigenvalue weighted by Crippen LogP contribution is -2.22. The van der Waals surface area contributed by atoms with Gasteiger partial charge in [0.05, 0.1) is 5.69 Å². The molecule has 4 rings (SSSR count). The molecule has 1 aliphatic rings. The summed E-state index contributed by atoms with van der Waals surface area (Å²) in [4.78, 5) is 32.1. The number of carbonyl (C=O) groups excluding carboxylic acids is 2. The van der Waals surface area contributed by atoms with Crippen LogP contribution in [0, 0.1) is 0 Å². The lowest BCUT2D eigenvalue weighted by Gasteiger charge is -2.06. The summed E-state index contributed by atoms with van der Waals surface area (Å²) in [5.74, 6) is -1.59. The number of para-hydroxylation sites is 1. The Morgan fingerprint density at radius 2 is 1.88 bits per heavy atom. The maximum Gasteiger partial charge on any atom is 0.273 e. The van der Waals surface area contributed by atoms with E-state index < -0.39 is 11.8 Å². The first-order valence-corrected chi connectivity index (χ1v) is 7.76. The third-order valence-corrected chi connectivity index (χ3v) is 4.23. The van der Waals surface area contributed by atoms with Gasteiger partial charge in [0.15, 0.2) is 0 Å². The highest BCUT2D eigenvalue weighted by Crippen LogP contribution is 2.31. The predicted molar refractivity (Wildman–Crippen MR) is 92.7 cm³/mol. The molecule has 5 nitrogen and oxygen atoms in total. The average molecular weight is 338 g/mol. The van der Waals surface area contributed by atoms with E-state index in [2.05, 4.69) is 15.3 Å². The molecule has 2 N–H and O–H groups in total. The number of H-pyrrole nitrogens is 1. The van der Waals surface area contributed by atoms with E-state index >= 15 is 0 Å². The molecule has 0 aliphatic carbocycles. The van der Waals surface area contributed by atoms with Gasteiger partial charge in [-0.25, -0.2) is 4.99 Å². The number of aliphatic imine (C=N–C) groups is 1. The van der Waals surface area contributed by atoms with Gasteiger partial charge in [-0.1, -0.05) is 35.9 Å². The number of hydrogen-bond donors (Lipinski definition) is 2. The minimum Gasteiger partial charge on any atom is -0.361 e. The second kappa shape index (κ2) is 5.62. The summed E-state index contributed by atoms with van der Waals surface area (Å²) < 4.78 is 0. The van der Waals surface area contributed by atoms with Crippen molar-refractivity contribution in [2.75, 3.05) is 0 Å². The normalized spacial score (nSPS) is 19.2. The number of aromatic nitrogens is 1. The van der Waals surface area contributed by atoms with Gasteiger partial charge in [0.1, 0.15) is 11.6 Å². The van der Waals surface area contributed by atoms with Crippen LogP contribution in [0.25, 0.3) is 10.9 Å². The predicted octanol–water partition coefficient (Wildman–Crippen LogP) is 3.33. The number of aromatic amines is 1. The molecular weight excluding hydrogens is 326 g/mol. The van der Waals surface area contributed by atoms with Crippen molar-refractivity contribution < 1.29 is 9.59 Å². The number of nitrogens with zero attached hydrogens (tertiary/aromatic N) is 1. The fraction of sp³-hybridized carbons (Fsp3) is 0.0556. The molecule has 3 aromatic rings. The minimum absolute atomic E-state index is 0.173. The highest BCUT2D eigenvalue weighted by molar-refractivity contribution is 6.52. The van der Waals surface area contributed by atoms with Crippen LogP contribution in [0.5, 0.6) is 0 Å². The first-order valence-electron chi connectivity index (χ1n) is 7.39. The van der Waals surface area contributed by atoms with Gasteiger partial charge in [-0.15, -0.1) is 0 Å². The van der Waals surface area contributed by atoms with Crippen LogP contribution in [-0.2, 0) is 9.59 Å². The number of rotatable bonds is 2. The fourth-order valence-electron chi connectivity index (χ4n) is 2.92. The zero-order valence-corrected chi connectivity index (χ0v) is 13.2. The Hall–Kier alpha value is -2.92. The smallest absolute Gasteiger partial charge is 0.273 e. The maximum atomic E-state index is 12.3. The van der Waals surface area contributed by atoms with Gasteiger partial charge in [-0.3, -0.25) is 14.9 Å². The Morgan fingerprint density at radius 3 is 2.71 bits per heavy atom. The Bertz CT molecular complexity index is 1010. The number of nitrogens with one attached hydrogen (secondary N) is 2. The van der Waals surface area contributed by atoms with Crippen molar-refractivity contribution in [2.24, 2.45) is 4.99 Å². The molecule has 1 aromatic heterocycles. The van der Waals surface area contributed by atoms with Crippen molar-refractivity contribution in [2.45, 2.75) is 5.92 Å². The van der Waals surface area contributed by atoms with Crippen LogP contribution in [0.15, 0.2) is 59.7 Å². The summed E-state index contributed by atoms with van der Waals surface area (Å²) in [5.41, 5.74) is 2.34. The summed E-state index contributed by atoms with van der Waals surface area (Å²) in [6, 6.07) is 14.5. The van der Waals surface area contributed by atoms with Gasteiger partial charge in [-0.05, 0) is 29.8 Å². The SMILES string of the molecule is O=C1NC(=O)C(c2c[nH]c3ccccc23)C1=Nc1cccc(Cl)c1. The summed E-state index contributed by atoms with van der Waals surface area (Å²) >= 11 is 5.97. The zero-order chi connectivity index (χ0) is 16.7. The molecule has 1 aliphatic heterocycles. The van der Waals surface area contributed by atoms with Crippen LogP contribution in [0.2, 0.25) is 5.02 Å². The number of carbonyl (C=O) groups is 2. The Balaban J connectivity index is 1.86. The quantitative estimate of drug-likeness (QED) is 0.704. The minimum atomic E-state index is -0.743. The molecule has 24 heavy (non-hydrogen) atoms. The van der Waals surface area contributed by atoms with E-state index in [0.717, 1.165) is 16.5 Å². The molecule has 1 fully saturated rings. The molecule has 118 valence electrons. The highest BCUT2D eigenvalue weighted by atomic mass is 35.5. The van der Waals surface area contributed by atoms with Crippen LogP contribution < -0.4 is 5.32 Å². The van der Waals surface area contributed by atoms with Gasteiger partial charge in [-0.2, -0.15) is 0 Å². The number of imide groups is 1. The first-order chi connectivity index (χ1) is 11.6. The van der Waals surface area contributed by atoms with Crippen molar-refractivity contribution >= 4 is 45.7 Å². The van der Waals surface area contributed by atoms with Gasteiger partial charge in [0.2, 0.25) is 5.91 Å². The Morgan fingerprint density at radius 1 is 1.04 bits per heavy atom. The molecule has 0 bridgehead atoms. The summed E-state index contributed by atoms with van der Waals surface area (Å²) in [6.45, 7) is 0. The number of amides is 2. The molecule has 6 heteroatoms. The van der Waals surface area contributed by atoms with Crippen molar-refractivity contribution in [1.82, 2.24) is 10.3 Å². The maximum absolute atomic E-state index is 12.3. The highest BCUT2D eigenvalue weighted by Gasteiger charge is 2.40. The van der Waals surface area contributed by atoms with Crippen LogP contribution in [0.1, 0.15) is 11.5 Å². The monoisotopic (exact) mass is 337 g/mol. The summed E-state index contributed by atoms with van der Waals surface area (Å²) in [7, 11) is 0. The average Bonchev–Trinajstić information content (AvgIpc) is 3.09. The summed E-state index contributed by atoms with van der Waals surface area (Å²) in [5, 5.41) is 3.76. The summed E-state index contributed by atoms with van der Waals surface area (Å²) in [6.07, 6.45) is 1.75. The standard InChI is InChI=1S/C18H12ClN3O2/c19-10-4-3-5-11(8-10)21-16-15(17(23)22-18(16)24)13-9-20-14-7-2-1-6-12(13)14/h1-9,15,20H,(H,22,23,24). The number of benzene rings is 2. The van der Waals surface area contributed by atoms with E-state index in [1.807, 2.05) is 24.3 Å². The van der Waals surface area contributed by atoms with E-state index in [-0.39, 0.29) is 11.6 Å². The van der Waals surface area contributed by atoms with Gasteiger partial charge >= 0.3 is 0 Å². The lowest BCUT2D eigenvalue weighted by atomic mass is 9.95. The Kier molecular flexibility index (Phi) is 3.43. The second-order valence-electron chi connectivity index (χ2n) is 5.52. The molecule has 1 saturated heterocycles. The van der Waals surface area contributed by atoms with Gasteiger partial charge in [0.25, 0.3) is 5.91 Å². The molecule has 2 amide bonds. The zero-order valence-electron chi connectivity index (χ0n) is 12.4. The van der Waals surface area contributed by atoms with Gasteiger partial charge < -0.3 is 4.98 Å². The molecule has 0 spiro atoms. The fourth-order valence-corrected chi connectivity index (χ4v) is 3.11. The first kappa shape index (κ1) is 14.7. The van der Waals surface area contributed by atoms with Gasteiger partial charge in [0, 0.05) is 22.1 Å². The van der Waals surface area contributed by atoms with E-state index in [0.29, 0.717) is 10.7 Å². The van der Waals surface area contributed by atoms with Crippen molar-refractivity contribution in [1.29, 1.82) is 0 Å². The molecule has 1 atom stereocenters. The number of hydrogen-bond acceptors (Lipinski definition) is 3. The van der Waals surface area contributed by atoms with E-state index in [4.69, 9.17) is 11.6 Å². The largest absolute Gasteiger partial charge is 0.361 e. The van der Waals surface area contributed by atoms with Crippen LogP contribution in [0.4, 0.5) is 5.69 Å². The molecule has 0 saturated carbocycles. The van der Waals surface area contributed by atoms with Crippen molar-refractivity contribution in [3.8, 4) is 0 Å². The molecule has 1 unspecified atom stereocenters. The topological polar surface area (TPSA) is 74.3 Å². The number of fused-ring (bicyclic) bond motifs is 1. The van der Waals surface area contributed by atoms with E-state index in [9.17, 15) is 9.59 Å². The number of halogens is 1. The molecular formula is C18H12ClN3O2. The third-order valence-electron chi connectivity index (χ3n) is 3.99. The van der Waals surface area contributed by atoms with E-state index in [1.54, 1.807) is 30.5 Å². The third kappa shape index (κ3) is 2.39. The Labute approximate surface area is 142 Å². The van der Waals surface area contributed by atoms with Crippen LogP contribution in [-0.4, -0.2) is 22.5 Å². The van der Waals surface area contributed by atoms with Crippen molar-refractivity contribution in [3.63, 3.8) is 0 Å². The van der Waals surface area contributed by atoms with Crippen molar-refractivity contribution in [3.05, 3.63) is 65.3 Å².